The first-order valence-electron chi connectivity index (χ1n) is 8.11. The van der Waals surface area contributed by atoms with Crippen LogP contribution in [0.4, 0.5) is 0 Å². The Balaban J connectivity index is 2.17. The molecule has 1 amide bonds. The van der Waals surface area contributed by atoms with Crippen LogP contribution in [-0.4, -0.2) is 47.3 Å². The highest BCUT2D eigenvalue weighted by atomic mass is 35.5. The van der Waals surface area contributed by atoms with Crippen molar-refractivity contribution in [2.24, 2.45) is 0 Å². The van der Waals surface area contributed by atoms with E-state index in [1.807, 2.05) is 6.07 Å². The van der Waals surface area contributed by atoms with Crippen LogP contribution in [0.1, 0.15) is 0 Å². The Kier molecular flexibility index (Phi) is 5.72. The summed E-state index contributed by atoms with van der Waals surface area (Å²) in [6.45, 7) is 0. The highest BCUT2D eigenvalue weighted by Gasteiger charge is 2.16. The summed E-state index contributed by atoms with van der Waals surface area (Å²) in [6.07, 6.45) is 0. The molecular formula is C19H18ClN3O3S. The lowest BCUT2D eigenvalue weighted by molar-refractivity contribution is -0.125. The molecule has 3 aromatic rings. The number of hydrogen-bond donors (Lipinski definition) is 0. The number of nitrogens with zero attached hydrogens (tertiary/aromatic N) is 3. The molecule has 27 heavy (non-hydrogen) atoms. The van der Waals surface area contributed by atoms with Gasteiger partial charge in [-0.05, 0) is 30.3 Å². The van der Waals surface area contributed by atoms with E-state index in [1.54, 1.807) is 50.5 Å². The molecule has 0 unspecified atom stereocenters. The Morgan fingerprint density at radius 3 is 2.67 bits per heavy atom. The number of benzene rings is 2. The monoisotopic (exact) mass is 403 g/mol. The molecule has 2 aromatic carbocycles. The number of halogens is 1. The van der Waals surface area contributed by atoms with Crippen molar-refractivity contribution in [3.8, 4) is 11.4 Å². The van der Waals surface area contributed by atoms with Gasteiger partial charge < -0.3 is 9.64 Å². The first-order valence-corrected chi connectivity index (χ1v) is 9.47. The standard InChI is InChI=1S/C19H18ClN3O3S/c1-22(2)17(24)11-27-19-21-15-7-5-4-6-13(15)18(25)23(19)12-8-9-16(26-3)14(20)10-12/h4-10H,11H2,1-3H3. The van der Waals surface area contributed by atoms with Crippen LogP contribution in [0.5, 0.6) is 5.75 Å². The largest absolute Gasteiger partial charge is 0.495 e. The van der Waals surface area contributed by atoms with Gasteiger partial charge in [0.25, 0.3) is 5.56 Å². The molecule has 6 nitrogen and oxygen atoms in total. The molecule has 1 heterocycles. The lowest BCUT2D eigenvalue weighted by Crippen LogP contribution is -2.25. The van der Waals surface area contributed by atoms with Crippen molar-refractivity contribution in [3.63, 3.8) is 0 Å². The van der Waals surface area contributed by atoms with Gasteiger partial charge in [0.1, 0.15) is 5.75 Å². The number of carbonyl (C=O) groups excluding carboxylic acids is 1. The third kappa shape index (κ3) is 3.94. The molecule has 0 spiro atoms. The molecule has 0 N–H and O–H groups in total. The number of methoxy groups -OCH3 is 1. The molecule has 1 aromatic heterocycles. The molecule has 8 heteroatoms. The van der Waals surface area contributed by atoms with E-state index in [0.29, 0.717) is 32.5 Å². The van der Waals surface area contributed by atoms with Crippen molar-refractivity contribution in [3.05, 3.63) is 57.8 Å². The fourth-order valence-electron chi connectivity index (χ4n) is 2.49. The summed E-state index contributed by atoms with van der Waals surface area (Å²) in [5.41, 5.74) is 0.920. The zero-order valence-electron chi connectivity index (χ0n) is 15.1. The maximum Gasteiger partial charge on any atom is 0.266 e. The van der Waals surface area contributed by atoms with Crippen molar-refractivity contribution in [2.45, 2.75) is 5.16 Å². The second kappa shape index (κ2) is 8.02. The SMILES string of the molecule is COc1ccc(-n2c(SCC(=O)N(C)C)nc3ccccc3c2=O)cc1Cl. The van der Waals surface area contributed by atoms with Crippen LogP contribution in [-0.2, 0) is 4.79 Å². The predicted octanol–water partition coefficient (Wildman–Crippen LogP) is 3.23. The number of carbonyl (C=O) groups is 1. The molecule has 140 valence electrons. The van der Waals surface area contributed by atoms with Gasteiger partial charge in [-0.15, -0.1) is 0 Å². The smallest absolute Gasteiger partial charge is 0.266 e. The number of amides is 1. The molecule has 0 radical (unpaired) electrons. The number of hydrogen-bond acceptors (Lipinski definition) is 5. The van der Waals surface area contributed by atoms with Crippen LogP contribution in [0.25, 0.3) is 16.6 Å². The second-order valence-electron chi connectivity index (χ2n) is 5.95. The van der Waals surface area contributed by atoms with E-state index in [9.17, 15) is 9.59 Å². The number of thioether (sulfide) groups is 1. The van der Waals surface area contributed by atoms with Crippen LogP contribution >= 0.6 is 23.4 Å². The van der Waals surface area contributed by atoms with E-state index in [-0.39, 0.29) is 17.2 Å². The second-order valence-corrected chi connectivity index (χ2v) is 7.30. The van der Waals surface area contributed by atoms with Gasteiger partial charge in [0.15, 0.2) is 5.16 Å². The van der Waals surface area contributed by atoms with E-state index >= 15 is 0 Å². The summed E-state index contributed by atoms with van der Waals surface area (Å²) in [6, 6.07) is 12.2. The molecule has 0 fully saturated rings. The third-order valence-electron chi connectivity index (χ3n) is 3.96. The van der Waals surface area contributed by atoms with E-state index in [1.165, 1.54) is 28.3 Å². The minimum Gasteiger partial charge on any atom is -0.495 e. The van der Waals surface area contributed by atoms with Gasteiger partial charge >= 0.3 is 0 Å². The molecule has 0 aliphatic rings. The van der Waals surface area contributed by atoms with Crippen molar-refractivity contribution >= 4 is 40.2 Å². The Morgan fingerprint density at radius 2 is 2.00 bits per heavy atom. The highest BCUT2D eigenvalue weighted by Crippen LogP contribution is 2.28. The highest BCUT2D eigenvalue weighted by molar-refractivity contribution is 7.99. The molecule has 0 saturated heterocycles. The van der Waals surface area contributed by atoms with Gasteiger partial charge in [0.05, 0.1) is 34.5 Å². The predicted molar refractivity (Wildman–Crippen MR) is 108 cm³/mol. The Bertz CT molecular complexity index is 1070. The Hall–Kier alpha value is -2.51. The summed E-state index contributed by atoms with van der Waals surface area (Å²) in [7, 11) is 4.90. The number of fused-ring (bicyclic) bond motifs is 1. The zero-order valence-corrected chi connectivity index (χ0v) is 16.7. The average molecular weight is 404 g/mol. The lowest BCUT2D eigenvalue weighted by atomic mass is 10.2. The summed E-state index contributed by atoms with van der Waals surface area (Å²) in [5.74, 6) is 0.614. The number of rotatable bonds is 5. The Morgan fingerprint density at radius 1 is 1.26 bits per heavy atom. The molecular weight excluding hydrogens is 386 g/mol. The minimum atomic E-state index is -0.221. The maximum absolute atomic E-state index is 13.1. The summed E-state index contributed by atoms with van der Waals surface area (Å²) >= 11 is 7.45. The maximum atomic E-state index is 13.1. The molecule has 3 rings (SSSR count). The quantitative estimate of drug-likeness (QED) is 0.483. The third-order valence-corrected chi connectivity index (χ3v) is 5.18. The number of aromatic nitrogens is 2. The summed E-state index contributed by atoms with van der Waals surface area (Å²) in [5, 5.41) is 1.30. The molecule has 0 aliphatic heterocycles. The lowest BCUT2D eigenvalue weighted by Gasteiger charge is -2.15. The zero-order chi connectivity index (χ0) is 19.6. The average Bonchev–Trinajstić information content (AvgIpc) is 2.66. The van der Waals surface area contributed by atoms with Gasteiger partial charge in [-0.25, -0.2) is 4.98 Å². The number of ether oxygens (including phenoxy) is 1. The molecule has 0 saturated carbocycles. The van der Waals surface area contributed by atoms with E-state index in [4.69, 9.17) is 16.3 Å². The first-order chi connectivity index (χ1) is 12.9. The van der Waals surface area contributed by atoms with Crippen LogP contribution in [0.3, 0.4) is 0 Å². The minimum absolute atomic E-state index is 0.0679. The normalized spacial score (nSPS) is 10.8. The van der Waals surface area contributed by atoms with Crippen molar-refractivity contribution in [1.29, 1.82) is 0 Å². The van der Waals surface area contributed by atoms with Crippen LogP contribution in [0, 0.1) is 0 Å². The van der Waals surface area contributed by atoms with Crippen LogP contribution in [0.15, 0.2) is 52.4 Å². The Labute approximate surface area is 165 Å². The van der Waals surface area contributed by atoms with Crippen LogP contribution in [0.2, 0.25) is 5.02 Å². The van der Waals surface area contributed by atoms with Gasteiger partial charge in [0.2, 0.25) is 5.91 Å². The van der Waals surface area contributed by atoms with Crippen molar-refractivity contribution < 1.29 is 9.53 Å². The van der Waals surface area contributed by atoms with Gasteiger partial charge in [-0.3, -0.25) is 14.2 Å². The molecule has 0 bridgehead atoms. The van der Waals surface area contributed by atoms with E-state index in [0.717, 1.165) is 0 Å². The van der Waals surface area contributed by atoms with Gasteiger partial charge in [-0.1, -0.05) is 35.5 Å². The van der Waals surface area contributed by atoms with E-state index in [2.05, 4.69) is 4.98 Å². The van der Waals surface area contributed by atoms with E-state index < -0.39 is 0 Å². The summed E-state index contributed by atoms with van der Waals surface area (Å²) in [4.78, 5) is 31.2. The van der Waals surface area contributed by atoms with Gasteiger partial charge in [-0.2, -0.15) is 0 Å². The molecule has 0 atom stereocenters. The number of para-hydroxylation sites is 1. The first kappa shape index (κ1) is 19.3. The van der Waals surface area contributed by atoms with Crippen molar-refractivity contribution in [2.75, 3.05) is 27.0 Å². The van der Waals surface area contributed by atoms with Gasteiger partial charge in [0, 0.05) is 14.1 Å². The topological polar surface area (TPSA) is 64.4 Å². The summed E-state index contributed by atoms with van der Waals surface area (Å²) < 4.78 is 6.66. The fourth-order valence-corrected chi connectivity index (χ4v) is 3.73. The molecule has 0 aliphatic carbocycles. The fraction of sp³-hybridized carbons (Fsp3) is 0.211. The van der Waals surface area contributed by atoms with Crippen LogP contribution < -0.4 is 10.3 Å². The van der Waals surface area contributed by atoms with Crippen molar-refractivity contribution in [1.82, 2.24) is 14.5 Å².